The molecule has 4 rings (SSSR count). The lowest BCUT2D eigenvalue weighted by Gasteiger charge is -2.32. The van der Waals surface area contributed by atoms with E-state index in [9.17, 15) is 14.9 Å². The minimum atomic E-state index is -0.598. The van der Waals surface area contributed by atoms with Crippen molar-refractivity contribution >= 4 is 29.5 Å². The topological polar surface area (TPSA) is 79.6 Å². The van der Waals surface area contributed by atoms with Crippen LogP contribution in [0.5, 0.6) is 11.5 Å². The van der Waals surface area contributed by atoms with Gasteiger partial charge in [0.1, 0.15) is 18.2 Å². The molecule has 0 spiro atoms. The van der Waals surface area contributed by atoms with E-state index in [-0.39, 0.29) is 17.8 Å². The molecule has 1 aliphatic rings. The zero-order valence-corrected chi connectivity index (χ0v) is 21.5. The smallest absolute Gasteiger partial charge is 0.272 e. The van der Waals surface area contributed by atoms with Gasteiger partial charge < -0.3 is 9.47 Å². The third-order valence-corrected chi connectivity index (χ3v) is 6.65. The molecule has 7 heteroatoms. The lowest BCUT2D eigenvalue weighted by atomic mass is 9.91. The van der Waals surface area contributed by atoms with Crippen LogP contribution in [0, 0.1) is 11.3 Å². The number of rotatable bonds is 7. The molecule has 3 aromatic rings. The Hall–Kier alpha value is -4.34. The second-order valence-electron chi connectivity index (χ2n) is 8.53. The van der Waals surface area contributed by atoms with Crippen LogP contribution in [0.2, 0.25) is 5.02 Å². The van der Waals surface area contributed by atoms with E-state index in [4.69, 9.17) is 21.1 Å². The molecule has 1 atom stereocenters. The van der Waals surface area contributed by atoms with Crippen LogP contribution in [-0.2, 0) is 16.2 Å². The van der Waals surface area contributed by atoms with Crippen LogP contribution in [0.1, 0.15) is 36.6 Å². The molecule has 0 fully saturated rings. The lowest BCUT2D eigenvalue weighted by Crippen LogP contribution is -2.44. The van der Waals surface area contributed by atoms with E-state index in [2.05, 4.69) is 0 Å². The summed E-state index contributed by atoms with van der Waals surface area (Å²) in [7, 11) is 1.53. The summed E-state index contributed by atoms with van der Waals surface area (Å²) >= 11 is 6.23. The Bertz CT molecular complexity index is 1450. The predicted octanol–water partition coefficient (Wildman–Crippen LogP) is 6.28. The van der Waals surface area contributed by atoms with E-state index < -0.39 is 17.9 Å². The number of amides is 2. The Morgan fingerprint density at radius 1 is 1.00 bits per heavy atom. The van der Waals surface area contributed by atoms with Crippen LogP contribution in [0.15, 0.2) is 89.5 Å². The number of carbonyl (C=O) groups is 2. The highest BCUT2D eigenvalue weighted by atomic mass is 35.5. The van der Waals surface area contributed by atoms with Gasteiger partial charge in [0, 0.05) is 16.2 Å². The summed E-state index contributed by atoms with van der Waals surface area (Å²) in [6, 6.07) is 23.4. The molecule has 37 heavy (non-hydrogen) atoms. The maximum atomic E-state index is 13.6. The number of imide groups is 1. The quantitative estimate of drug-likeness (QED) is 0.275. The van der Waals surface area contributed by atoms with Crippen molar-refractivity contribution in [2.75, 3.05) is 7.11 Å². The summed E-state index contributed by atoms with van der Waals surface area (Å²) < 4.78 is 11.4. The molecule has 2 amide bonds. The van der Waals surface area contributed by atoms with E-state index in [1.54, 1.807) is 44.2 Å². The molecule has 1 aliphatic heterocycles. The highest BCUT2D eigenvalue weighted by molar-refractivity contribution is 6.31. The van der Waals surface area contributed by atoms with Crippen molar-refractivity contribution in [2.24, 2.45) is 0 Å². The van der Waals surface area contributed by atoms with Crippen molar-refractivity contribution in [3.05, 3.63) is 111 Å². The fraction of sp³-hybridized carbons (Fsp3) is 0.167. The Labute approximate surface area is 221 Å². The van der Waals surface area contributed by atoms with Crippen LogP contribution in [0.4, 0.5) is 0 Å². The number of hydrogen-bond acceptors (Lipinski definition) is 5. The van der Waals surface area contributed by atoms with Gasteiger partial charge in [0.25, 0.3) is 11.8 Å². The minimum Gasteiger partial charge on any atom is -0.493 e. The lowest BCUT2D eigenvalue weighted by molar-refractivity contribution is -0.143. The number of nitrogens with zero attached hydrogens (tertiary/aromatic N) is 2. The summed E-state index contributed by atoms with van der Waals surface area (Å²) in [5.74, 6) is -0.0771. The number of methoxy groups -OCH3 is 1. The van der Waals surface area contributed by atoms with Crippen LogP contribution >= 0.6 is 11.6 Å². The molecule has 1 unspecified atom stereocenters. The first-order valence-corrected chi connectivity index (χ1v) is 12.0. The highest BCUT2D eigenvalue weighted by Gasteiger charge is 2.38. The molecule has 186 valence electrons. The highest BCUT2D eigenvalue weighted by Crippen LogP contribution is 2.35. The number of carbonyl (C=O) groups excluding carboxylic acids is 2. The summed E-state index contributed by atoms with van der Waals surface area (Å²) in [4.78, 5) is 27.8. The molecule has 3 aromatic carbocycles. The van der Waals surface area contributed by atoms with E-state index in [0.29, 0.717) is 27.7 Å². The van der Waals surface area contributed by atoms with Gasteiger partial charge in [-0.25, -0.2) is 0 Å². The van der Waals surface area contributed by atoms with Crippen molar-refractivity contribution in [3.63, 3.8) is 0 Å². The number of halogens is 1. The van der Waals surface area contributed by atoms with Gasteiger partial charge in [-0.2, -0.15) is 5.26 Å². The normalized spacial score (nSPS) is 15.5. The van der Waals surface area contributed by atoms with Crippen LogP contribution in [0.25, 0.3) is 6.08 Å². The van der Waals surface area contributed by atoms with Crippen LogP contribution < -0.4 is 9.47 Å². The molecule has 0 N–H and O–H groups in total. The van der Waals surface area contributed by atoms with Gasteiger partial charge in [0.2, 0.25) is 0 Å². The second kappa shape index (κ2) is 11.2. The maximum Gasteiger partial charge on any atom is 0.272 e. The Kier molecular flexibility index (Phi) is 7.76. The zero-order valence-electron chi connectivity index (χ0n) is 20.7. The van der Waals surface area contributed by atoms with E-state index >= 15 is 0 Å². The molecule has 0 radical (unpaired) electrons. The standard InChI is InChI=1S/C30H25ClN2O4/c1-19-24(29(34)33(30(35)25(19)17-32)20(2)22-9-5-4-6-10-22)15-21-13-14-27(28(16-21)36-3)37-18-23-11-7-8-12-26(23)31/h4-16,20H,18H2,1-3H3/b24-15+. The molecular weight excluding hydrogens is 488 g/mol. The average Bonchev–Trinajstić information content (AvgIpc) is 2.91. The van der Waals surface area contributed by atoms with Crippen molar-refractivity contribution in [1.29, 1.82) is 5.26 Å². The summed E-state index contributed by atoms with van der Waals surface area (Å²) in [5.41, 5.74) is 2.84. The Morgan fingerprint density at radius 2 is 1.70 bits per heavy atom. The monoisotopic (exact) mass is 512 g/mol. The average molecular weight is 513 g/mol. The van der Waals surface area contributed by atoms with E-state index in [1.165, 1.54) is 7.11 Å². The number of benzene rings is 3. The minimum absolute atomic E-state index is 0.0553. The van der Waals surface area contributed by atoms with Gasteiger partial charge in [-0.15, -0.1) is 0 Å². The predicted molar refractivity (Wildman–Crippen MR) is 142 cm³/mol. The molecule has 0 saturated carbocycles. The number of hydrogen-bond donors (Lipinski definition) is 0. The molecule has 0 saturated heterocycles. The van der Waals surface area contributed by atoms with Gasteiger partial charge in [-0.1, -0.05) is 66.2 Å². The van der Waals surface area contributed by atoms with Gasteiger partial charge >= 0.3 is 0 Å². The first-order chi connectivity index (χ1) is 17.8. The zero-order chi connectivity index (χ0) is 26.5. The van der Waals surface area contributed by atoms with Gasteiger partial charge in [-0.3, -0.25) is 14.5 Å². The molecule has 6 nitrogen and oxygen atoms in total. The SMILES string of the molecule is COc1cc(/C=C2/C(=O)N(C(C)c3ccccc3)C(=O)C(C#N)=C2C)ccc1OCc1ccccc1Cl. The first kappa shape index (κ1) is 25.7. The molecular formula is C30H25ClN2O4. The molecule has 1 heterocycles. The Balaban J connectivity index is 1.67. The van der Waals surface area contributed by atoms with Crippen molar-refractivity contribution in [1.82, 2.24) is 4.90 Å². The Morgan fingerprint density at radius 3 is 2.38 bits per heavy atom. The maximum absolute atomic E-state index is 13.6. The van der Waals surface area contributed by atoms with Crippen molar-refractivity contribution in [2.45, 2.75) is 26.5 Å². The van der Waals surface area contributed by atoms with Gasteiger partial charge in [0.05, 0.1) is 13.2 Å². The third-order valence-electron chi connectivity index (χ3n) is 6.28. The third kappa shape index (κ3) is 5.28. The summed E-state index contributed by atoms with van der Waals surface area (Å²) in [5, 5.41) is 10.3. The fourth-order valence-corrected chi connectivity index (χ4v) is 4.35. The molecule has 0 aromatic heterocycles. The fourth-order valence-electron chi connectivity index (χ4n) is 4.16. The number of nitriles is 1. The van der Waals surface area contributed by atoms with E-state index in [0.717, 1.165) is 16.0 Å². The van der Waals surface area contributed by atoms with Crippen LogP contribution in [0.3, 0.4) is 0 Å². The first-order valence-electron chi connectivity index (χ1n) is 11.7. The van der Waals surface area contributed by atoms with Gasteiger partial charge in [0.15, 0.2) is 11.5 Å². The summed E-state index contributed by atoms with van der Waals surface area (Å²) in [6.45, 7) is 3.65. The second-order valence-corrected chi connectivity index (χ2v) is 8.93. The van der Waals surface area contributed by atoms with Gasteiger partial charge in [-0.05, 0) is 54.8 Å². The molecule has 0 aliphatic carbocycles. The van der Waals surface area contributed by atoms with Crippen molar-refractivity contribution < 1.29 is 19.1 Å². The summed E-state index contributed by atoms with van der Waals surface area (Å²) in [6.07, 6.45) is 1.66. The molecule has 0 bridgehead atoms. The van der Waals surface area contributed by atoms with Crippen LogP contribution in [-0.4, -0.2) is 23.8 Å². The van der Waals surface area contributed by atoms with Crippen molar-refractivity contribution in [3.8, 4) is 17.6 Å². The largest absolute Gasteiger partial charge is 0.493 e. The van der Waals surface area contributed by atoms with E-state index in [1.807, 2.05) is 54.6 Å². The number of ether oxygens (including phenoxy) is 2.